The van der Waals surface area contributed by atoms with E-state index in [1.807, 2.05) is 42.5 Å². The van der Waals surface area contributed by atoms with Crippen LogP contribution in [-0.4, -0.2) is 38.6 Å². The van der Waals surface area contributed by atoms with Gasteiger partial charge in [0.1, 0.15) is 0 Å². The van der Waals surface area contributed by atoms with Crippen LogP contribution in [0.3, 0.4) is 0 Å². The Morgan fingerprint density at radius 3 is 2.33 bits per heavy atom. The van der Waals surface area contributed by atoms with Crippen LogP contribution in [0.25, 0.3) is 0 Å². The van der Waals surface area contributed by atoms with E-state index in [9.17, 15) is 9.90 Å². The van der Waals surface area contributed by atoms with Crippen LogP contribution in [-0.2, 0) is 4.79 Å². The minimum Gasteiger partial charge on any atom is -0.493 e. The second-order valence-electron chi connectivity index (χ2n) is 7.56. The van der Waals surface area contributed by atoms with Crippen LogP contribution in [0.1, 0.15) is 29.6 Å². The Labute approximate surface area is 175 Å². The largest absolute Gasteiger partial charge is 0.493 e. The number of aliphatic carboxylic acids is 1. The molecule has 2 fully saturated rings. The molecule has 2 aromatic rings. The predicted molar refractivity (Wildman–Crippen MR) is 110 cm³/mol. The maximum atomic E-state index is 12.3. The summed E-state index contributed by atoms with van der Waals surface area (Å²) in [5, 5.41) is 13.6. The third kappa shape index (κ3) is 3.47. The number of methoxy groups -OCH3 is 3. The van der Waals surface area contributed by atoms with Crippen LogP contribution in [0, 0.1) is 11.8 Å². The number of hydrogen-bond acceptors (Lipinski definition) is 7. The number of hydrazine groups is 1. The topological polar surface area (TPSA) is 101 Å². The monoisotopic (exact) mass is 413 g/mol. The molecule has 0 spiro atoms. The Balaban J connectivity index is 1.68. The molecule has 0 aromatic heterocycles. The minimum atomic E-state index is -0.803. The van der Waals surface area contributed by atoms with Gasteiger partial charge in [0.25, 0.3) is 0 Å². The Kier molecular flexibility index (Phi) is 5.80. The molecule has 160 valence electrons. The quantitative estimate of drug-likeness (QED) is 0.572. The lowest BCUT2D eigenvalue weighted by atomic mass is 9.74. The summed E-state index contributed by atoms with van der Waals surface area (Å²) in [6, 6.07) is 13.3. The van der Waals surface area contributed by atoms with Crippen molar-refractivity contribution in [2.24, 2.45) is 11.8 Å². The van der Waals surface area contributed by atoms with Crippen molar-refractivity contribution in [1.82, 2.24) is 16.2 Å². The Morgan fingerprint density at radius 2 is 1.70 bits per heavy atom. The molecule has 8 heteroatoms. The molecule has 2 heterocycles. The molecular formula is C22H27N3O5. The number of hydrogen-bond donors (Lipinski definition) is 4. The summed E-state index contributed by atoms with van der Waals surface area (Å²) in [6.07, 6.45) is 0.211. The lowest BCUT2D eigenvalue weighted by Gasteiger charge is -2.39. The van der Waals surface area contributed by atoms with Crippen LogP contribution in [0.2, 0.25) is 0 Å². The fraction of sp³-hybridized carbons (Fsp3) is 0.409. The Bertz CT molecular complexity index is 907. The highest BCUT2D eigenvalue weighted by Crippen LogP contribution is 2.47. The summed E-state index contributed by atoms with van der Waals surface area (Å²) >= 11 is 0. The van der Waals surface area contributed by atoms with E-state index >= 15 is 0 Å². The van der Waals surface area contributed by atoms with Crippen molar-refractivity contribution in [1.29, 1.82) is 0 Å². The third-order valence-electron chi connectivity index (χ3n) is 6.09. The van der Waals surface area contributed by atoms with Crippen molar-refractivity contribution in [2.45, 2.75) is 24.7 Å². The van der Waals surface area contributed by atoms with Crippen LogP contribution < -0.4 is 30.4 Å². The molecule has 0 saturated carbocycles. The van der Waals surface area contributed by atoms with Crippen LogP contribution in [0.4, 0.5) is 0 Å². The zero-order valence-electron chi connectivity index (χ0n) is 17.2. The normalized spacial score (nSPS) is 27.9. The second kappa shape index (κ2) is 8.51. The molecule has 8 nitrogen and oxygen atoms in total. The fourth-order valence-electron chi connectivity index (χ4n) is 4.72. The first kappa shape index (κ1) is 20.5. The van der Waals surface area contributed by atoms with E-state index in [1.54, 1.807) is 21.3 Å². The standard InChI is InChI=1S/C22H27N3O5/c1-28-16-10-9-13(19(29-2)20(16)30-3)15-11-14(22(26)27)17-18(24-25-21(17)23-15)12-7-5-4-6-8-12/h4-10,14-15,17-18,21,23-25H,11H2,1-3H3,(H,26,27). The molecule has 0 bridgehead atoms. The molecule has 2 aliphatic heterocycles. The summed E-state index contributed by atoms with van der Waals surface area (Å²) in [6.45, 7) is 0. The summed E-state index contributed by atoms with van der Waals surface area (Å²) in [5.74, 6) is 0.100. The molecular weight excluding hydrogens is 386 g/mol. The predicted octanol–water partition coefficient (Wildman–Crippen LogP) is 2.24. The SMILES string of the molecule is COc1ccc(C2CC(C(=O)O)C3C(NNC3c3ccccc3)N2)c(OC)c1OC. The van der Waals surface area contributed by atoms with E-state index in [0.717, 1.165) is 11.1 Å². The van der Waals surface area contributed by atoms with Gasteiger partial charge < -0.3 is 19.3 Å². The number of fused-ring (bicyclic) bond motifs is 1. The van der Waals surface area contributed by atoms with E-state index in [0.29, 0.717) is 23.7 Å². The number of carboxylic acid groups (broad SMARTS) is 1. The number of benzene rings is 2. The fourth-order valence-corrected chi connectivity index (χ4v) is 4.72. The molecule has 0 radical (unpaired) electrons. The molecule has 4 N–H and O–H groups in total. The lowest BCUT2D eigenvalue weighted by Crippen LogP contribution is -2.53. The highest BCUT2D eigenvalue weighted by Gasteiger charge is 2.49. The van der Waals surface area contributed by atoms with Gasteiger partial charge in [-0.2, -0.15) is 0 Å². The molecule has 2 aromatic carbocycles. The molecule has 4 rings (SSSR count). The van der Waals surface area contributed by atoms with Crippen LogP contribution >= 0.6 is 0 Å². The van der Waals surface area contributed by atoms with Gasteiger partial charge in [0.15, 0.2) is 11.5 Å². The zero-order chi connectivity index (χ0) is 21.3. The lowest BCUT2D eigenvalue weighted by molar-refractivity contribution is -0.146. The van der Waals surface area contributed by atoms with Crippen LogP contribution in [0.5, 0.6) is 17.2 Å². The molecule has 30 heavy (non-hydrogen) atoms. The van der Waals surface area contributed by atoms with Gasteiger partial charge in [0.05, 0.1) is 39.5 Å². The summed E-state index contributed by atoms with van der Waals surface area (Å²) in [5.41, 5.74) is 8.45. The van der Waals surface area contributed by atoms with Crippen molar-refractivity contribution in [3.8, 4) is 17.2 Å². The van der Waals surface area contributed by atoms with Crippen molar-refractivity contribution in [2.75, 3.05) is 21.3 Å². The highest BCUT2D eigenvalue weighted by molar-refractivity contribution is 5.71. The van der Waals surface area contributed by atoms with Gasteiger partial charge >= 0.3 is 5.97 Å². The molecule has 0 amide bonds. The molecule has 5 unspecified atom stereocenters. The van der Waals surface area contributed by atoms with Crippen molar-refractivity contribution < 1.29 is 24.1 Å². The Hall–Kier alpha value is -2.81. The third-order valence-corrected chi connectivity index (χ3v) is 6.09. The number of rotatable bonds is 6. The van der Waals surface area contributed by atoms with Gasteiger partial charge in [-0.3, -0.25) is 10.1 Å². The van der Waals surface area contributed by atoms with E-state index in [1.165, 1.54) is 0 Å². The van der Waals surface area contributed by atoms with Gasteiger partial charge in [-0.15, -0.1) is 0 Å². The van der Waals surface area contributed by atoms with Crippen molar-refractivity contribution in [3.05, 3.63) is 53.6 Å². The van der Waals surface area contributed by atoms with Gasteiger partial charge in [0, 0.05) is 17.5 Å². The summed E-state index contributed by atoms with van der Waals surface area (Å²) < 4.78 is 16.5. The highest BCUT2D eigenvalue weighted by atomic mass is 16.5. The Morgan fingerprint density at radius 1 is 0.967 bits per heavy atom. The average molecular weight is 413 g/mol. The summed E-state index contributed by atoms with van der Waals surface area (Å²) in [7, 11) is 4.70. The molecule has 2 aliphatic rings. The number of carboxylic acids is 1. The average Bonchev–Trinajstić information content (AvgIpc) is 3.21. The van der Waals surface area contributed by atoms with Gasteiger partial charge in [-0.05, 0) is 24.1 Å². The molecule has 2 saturated heterocycles. The second-order valence-corrected chi connectivity index (χ2v) is 7.56. The number of nitrogens with one attached hydrogen (secondary N) is 3. The minimum absolute atomic E-state index is 0.0990. The van der Waals surface area contributed by atoms with Gasteiger partial charge in [-0.25, -0.2) is 10.9 Å². The first-order valence-electron chi connectivity index (χ1n) is 9.92. The summed E-state index contributed by atoms with van der Waals surface area (Å²) in [4.78, 5) is 12.3. The van der Waals surface area contributed by atoms with Crippen molar-refractivity contribution in [3.63, 3.8) is 0 Å². The number of piperidine rings is 1. The zero-order valence-corrected chi connectivity index (χ0v) is 17.2. The smallest absolute Gasteiger partial charge is 0.307 e. The van der Waals surface area contributed by atoms with E-state index in [2.05, 4.69) is 16.2 Å². The van der Waals surface area contributed by atoms with Gasteiger partial charge in [0.2, 0.25) is 5.75 Å². The van der Waals surface area contributed by atoms with E-state index in [4.69, 9.17) is 14.2 Å². The van der Waals surface area contributed by atoms with E-state index in [-0.39, 0.29) is 24.2 Å². The first-order chi connectivity index (χ1) is 14.6. The van der Waals surface area contributed by atoms with E-state index < -0.39 is 11.9 Å². The molecule has 0 aliphatic carbocycles. The number of ether oxygens (including phenoxy) is 3. The number of carbonyl (C=O) groups is 1. The van der Waals surface area contributed by atoms with Crippen molar-refractivity contribution >= 4 is 5.97 Å². The molecule has 5 atom stereocenters. The first-order valence-corrected chi connectivity index (χ1v) is 9.92. The maximum Gasteiger partial charge on any atom is 0.307 e. The van der Waals surface area contributed by atoms with Crippen LogP contribution in [0.15, 0.2) is 42.5 Å². The van der Waals surface area contributed by atoms with Gasteiger partial charge in [-0.1, -0.05) is 30.3 Å². The maximum absolute atomic E-state index is 12.3.